The summed E-state index contributed by atoms with van der Waals surface area (Å²) in [6.07, 6.45) is 1.07. The molecular weight excluding hydrogens is 316 g/mol. The molecular formula is C15H20N4O3S. The number of carbonyl (C=O) groups excluding carboxylic acids is 1. The number of fused-ring (bicyclic) bond motifs is 1. The van der Waals surface area contributed by atoms with Crippen LogP contribution in [0.15, 0.2) is 24.3 Å². The molecule has 8 heteroatoms. The van der Waals surface area contributed by atoms with Gasteiger partial charge >= 0.3 is 0 Å². The van der Waals surface area contributed by atoms with Crippen LogP contribution in [0, 0.1) is 5.92 Å². The van der Waals surface area contributed by atoms with Gasteiger partial charge in [-0.15, -0.1) is 0 Å². The van der Waals surface area contributed by atoms with E-state index in [1.165, 1.54) is 4.31 Å². The number of para-hydroxylation sites is 2. The summed E-state index contributed by atoms with van der Waals surface area (Å²) in [6, 6.07) is 7.55. The van der Waals surface area contributed by atoms with Crippen LogP contribution in [0.3, 0.4) is 0 Å². The number of amides is 1. The van der Waals surface area contributed by atoms with Gasteiger partial charge in [0.25, 0.3) is 0 Å². The number of H-pyrrole nitrogens is 1. The van der Waals surface area contributed by atoms with Crippen molar-refractivity contribution in [2.24, 2.45) is 5.92 Å². The molecule has 1 amide bonds. The van der Waals surface area contributed by atoms with Gasteiger partial charge in [-0.2, -0.15) is 0 Å². The van der Waals surface area contributed by atoms with Crippen LogP contribution in [0.25, 0.3) is 11.0 Å². The maximum absolute atomic E-state index is 12.3. The molecule has 0 radical (unpaired) electrons. The topological polar surface area (TPSA) is 95.2 Å². The quantitative estimate of drug-likeness (QED) is 0.886. The van der Waals surface area contributed by atoms with Crippen molar-refractivity contribution in [3.05, 3.63) is 24.3 Å². The fourth-order valence-corrected chi connectivity index (χ4v) is 3.94. The molecule has 0 spiro atoms. The maximum atomic E-state index is 12.3. The predicted octanol–water partition coefficient (Wildman–Crippen LogP) is 1.56. The zero-order valence-electron chi connectivity index (χ0n) is 12.9. The number of imidazole rings is 1. The van der Waals surface area contributed by atoms with Crippen LogP contribution in [0.5, 0.6) is 0 Å². The van der Waals surface area contributed by atoms with Crippen LogP contribution in [0.1, 0.15) is 19.8 Å². The number of aromatic amines is 1. The minimum Gasteiger partial charge on any atom is -0.324 e. The van der Waals surface area contributed by atoms with E-state index in [9.17, 15) is 13.2 Å². The van der Waals surface area contributed by atoms with Gasteiger partial charge < -0.3 is 4.98 Å². The van der Waals surface area contributed by atoms with Crippen molar-refractivity contribution in [1.29, 1.82) is 0 Å². The maximum Gasteiger partial charge on any atom is 0.229 e. The van der Waals surface area contributed by atoms with Crippen LogP contribution in [0.2, 0.25) is 0 Å². The first-order valence-electron chi connectivity index (χ1n) is 7.73. The normalized spacial score (nSPS) is 17.4. The van der Waals surface area contributed by atoms with Crippen molar-refractivity contribution >= 4 is 32.9 Å². The predicted molar refractivity (Wildman–Crippen MR) is 88.5 cm³/mol. The fourth-order valence-electron chi connectivity index (χ4n) is 2.81. The Bertz CT molecular complexity index is 774. The molecule has 0 atom stereocenters. The summed E-state index contributed by atoms with van der Waals surface area (Å²) in [6.45, 7) is 2.43. The molecule has 1 fully saturated rings. The third kappa shape index (κ3) is 3.37. The van der Waals surface area contributed by atoms with Crippen LogP contribution in [-0.4, -0.2) is 47.4 Å². The number of aromatic nitrogens is 2. The van der Waals surface area contributed by atoms with Crippen molar-refractivity contribution in [2.45, 2.75) is 19.8 Å². The van der Waals surface area contributed by atoms with E-state index in [0.29, 0.717) is 31.9 Å². The Kier molecular flexibility index (Phi) is 4.36. The molecule has 0 bridgehead atoms. The lowest BCUT2D eigenvalue weighted by atomic mass is 9.97. The van der Waals surface area contributed by atoms with Crippen molar-refractivity contribution in [1.82, 2.24) is 14.3 Å². The minimum atomic E-state index is -3.16. The molecule has 0 saturated carbocycles. The first-order chi connectivity index (χ1) is 11.0. The Hall–Kier alpha value is -1.93. The fraction of sp³-hybridized carbons (Fsp3) is 0.467. The summed E-state index contributed by atoms with van der Waals surface area (Å²) in [5.41, 5.74) is 1.67. The molecule has 3 rings (SSSR count). The van der Waals surface area contributed by atoms with E-state index in [4.69, 9.17) is 0 Å². The summed E-state index contributed by atoms with van der Waals surface area (Å²) in [5, 5.41) is 2.80. The molecule has 124 valence electrons. The number of nitrogens with one attached hydrogen (secondary N) is 2. The van der Waals surface area contributed by atoms with Gasteiger partial charge in [-0.25, -0.2) is 17.7 Å². The molecule has 1 aromatic heterocycles. The zero-order chi connectivity index (χ0) is 16.4. The van der Waals surface area contributed by atoms with Crippen molar-refractivity contribution in [3.63, 3.8) is 0 Å². The van der Waals surface area contributed by atoms with E-state index < -0.39 is 10.0 Å². The Morgan fingerprint density at radius 2 is 2.04 bits per heavy atom. The molecule has 2 N–H and O–H groups in total. The van der Waals surface area contributed by atoms with Gasteiger partial charge in [0.1, 0.15) is 0 Å². The second-order valence-corrected chi connectivity index (χ2v) is 7.92. The van der Waals surface area contributed by atoms with Crippen molar-refractivity contribution < 1.29 is 13.2 Å². The van der Waals surface area contributed by atoms with E-state index in [1.54, 1.807) is 6.92 Å². The van der Waals surface area contributed by atoms with Crippen molar-refractivity contribution in [2.75, 3.05) is 24.2 Å². The van der Waals surface area contributed by atoms with E-state index in [-0.39, 0.29) is 17.6 Å². The van der Waals surface area contributed by atoms with Crippen LogP contribution >= 0.6 is 0 Å². The molecule has 0 aliphatic carbocycles. The molecule has 2 aromatic rings. The van der Waals surface area contributed by atoms with Gasteiger partial charge in [-0.1, -0.05) is 12.1 Å². The van der Waals surface area contributed by atoms with Gasteiger partial charge in [0, 0.05) is 19.0 Å². The minimum absolute atomic E-state index is 0.100. The molecule has 7 nitrogen and oxygen atoms in total. The largest absolute Gasteiger partial charge is 0.324 e. The van der Waals surface area contributed by atoms with Crippen LogP contribution in [-0.2, 0) is 14.8 Å². The molecule has 1 aromatic carbocycles. The number of carbonyl (C=O) groups is 1. The SMILES string of the molecule is CCS(=O)(=O)N1CCC(C(=O)Nc2nc3ccccc3[nH]2)CC1. The average molecular weight is 336 g/mol. The Morgan fingerprint density at radius 1 is 1.35 bits per heavy atom. The van der Waals surface area contributed by atoms with Gasteiger partial charge in [-0.05, 0) is 31.9 Å². The number of anilines is 1. The summed E-state index contributed by atoms with van der Waals surface area (Å²) in [5.74, 6) is 0.229. The highest BCUT2D eigenvalue weighted by Gasteiger charge is 2.30. The summed E-state index contributed by atoms with van der Waals surface area (Å²) in [7, 11) is -3.16. The lowest BCUT2D eigenvalue weighted by Crippen LogP contribution is -2.42. The second-order valence-electron chi connectivity index (χ2n) is 5.67. The smallest absolute Gasteiger partial charge is 0.229 e. The molecule has 1 saturated heterocycles. The number of sulfonamides is 1. The highest BCUT2D eigenvalue weighted by atomic mass is 32.2. The lowest BCUT2D eigenvalue weighted by Gasteiger charge is -2.30. The number of hydrogen-bond acceptors (Lipinski definition) is 4. The highest BCUT2D eigenvalue weighted by molar-refractivity contribution is 7.89. The molecule has 1 aliphatic rings. The Morgan fingerprint density at radius 3 is 2.70 bits per heavy atom. The second kappa shape index (κ2) is 6.29. The first kappa shape index (κ1) is 15.9. The number of piperidine rings is 1. The standard InChI is InChI=1S/C15H20N4O3S/c1-2-23(21,22)19-9-7-11(8-10-19)14(20)18-15-16-12-5-3-4-6-13(12)17-15/h3-6,11H,2,7-10H2,1H3,(H2,16,17,18,20). The third-order valence-electron chi connectivity index (χ3n) is 4.21. The average Bonchev–Trinajstić information content (AvgIpc) is 2.97. The molecule has 2 heterocycles. The van der Waals surface area contributed by atoms with Crippen LogP contribution in [0.4, 0.5) is 5.95 Å². The number of nitrogens with zero attached hydrogens (tertiary/aromatic N) is 2. The number of rotatable bonds is 4. The summed E-state index contributed by atoms with van der Waals surface area (Å²) in [4.78, 5) is 19.7. The molecule has 23 heavy (non-hydrogen) atoms. The van der Waals surface area contributed by atoms with Crippen LogP contribution < -0.4 is 5.32 Å². The van der Waals surface area contributed by atoms with E-state index >= 15 is 0 Å². The number of hydrogen-bond donors (Lipinski definition) is 2. The monoisotopic (exact) mass is 336 g/mol. The Labute approximate surface area is 135 Å². The molecule has 1 aliphatic heterocycles. The van der Waals surface area contributed by atoms with Gasteiger partial charge in [0.2, 0.25) is 21.9 Å². The lowest BCUT2D eigenvalue weighted by molar-refractivity contribution is -0.120. The summed E-state index contributed by atoms with van der Waals surface area (Å²) >= 11 is 0. The van der Waals surface area contributed by atoms with E-state index in [1.807, 2.05) is 24.3 Å². The molecule has 0 unspecified atom stereocenters. The van der Waals surface area contributed by atoms with Gasteiger partial charge in [-0.3, -0.25) is 10.1 Å². The zero-order valence-corrected chi connectivity index (χ0v) is 13.8. The van der Waals surface area contributed by atoms with E-state index in [2.05, 4.69) is 15.3 Å². The Balaban J connectivity index is 1.61. The highest BCUT2D eigenvalue weighted by Crippen LogP contribution is 2.22. The van der Waals surface area contributed by atoms with Crippen molar-refractivity contribution in [3.8, 4) is 0 Å². The van der Waals surface area contributed by atoms with E-state index in [0.717, 1.165) is 11.0 Å². The van der Waals surface area contributed by atoms with Gasteiger partial charge in [0.05, 0.1) is 16.8 Å². The summed E-state index contributed by atoms with van der Waals surface area (Å²) < 4.78 is 25.1. The first-order valence-corrected chi connectivity index (χ1v) is 9.34. The third-order valence-corrected chi connectivity index (χ3v) is 6.10. The number of benzene rings is 1. The van der Waals surface area contributed by atoms with Gasteiger partial charge in [0.15, 0.2) is 0 Å².